The van der Waals surface area contributed by atoms with E-state index in [9.17, 15) is 0 Å². The van der Waals surface area contributed by atoms with Crippen molar-refractivity contribution in [1.29, 1.82) is 0 Å². The van der Waals surface area contributed by atoms with Crippen LogP contribution in [0.15, 0.2) is 35.4 Å². The van der Waals surface area contributed by atoms with Crippen LogP contribution in [-0.4, -0.2) is 12.6 Å². The molecule has 2 bridgehead atoms. The first-order chi connectivity index (χ1) is 10.7. The molecule has 2 atom stereocenters. The maximum Gasteiger partial charge on any atom is 0.0332 e. The molecule has 4 rings (SSSR count). The first kappa shape index (κ1) is 14.3. The van der Waals surface area contributed by atoms with Crippen molar-refractivity contribution in [2.75, 3.05) is 6.54 Å². The van der Waals surface area contributed by atoms with Gasteiger partial charge in [-0.1, -0.05) is 43.7 Å². The summed E-state index contributed by atoms with van der Waals surface area (Å²) in [5.74, 6) is 0. The Morgan fingerprint density at radius 1 is 1.18 bits per heavy atom. The van der Waals surface area contributed by atoms with Gasteiger partial charge in [-0.15, -0.1) is 0 Å². The molecule has 1 N–H and O–H groups in total. The Balaban J connectivity index is 1.97. The monoisotopic (exact) mass is 293 g/mol. The van der Waals surface area contributed by atoms with Crippen LogP contribution in [0.5, 0.6) is 0 Å². The lowest BCUT2D eigenvalue weighted by molar-refractivity contribution is 0.312. The van der Waals surface area contributed by atoms with Crippen molar-refractivity contribution in [3.63, 3.8) is 0 Å². The van der Waals surface area contributed by atoms with Crippen molar-refractivity contribution >= 4 is 0 Å². The number of allylic oxidation sites excluding steroid dienone is 3. The van der Waals surface area contributed by atoms with Crippen molar-refractivity contribution in [3.8, 4) is 0 Å². The van der Waals surface area contributed by atoms with Crippen LogP contribution in [0, 0.1) is 6.92 Å². The van der Waals surface area contributed by atoms with Gasteiger partial charge in [0, 0.05) is 11.5 Å². The molecule has 116 valence electrons. The third-order valence-corrected chi connectivity index (χ3v) is 6.30. The first-order valence-electron chi connectivity index (χ1n) is 8.95. The van der Waals surface area contributed by atoms with Crippen LogP contribution >= 0.6 is 0 Å². The fourth-order valence-electron chi connectivity index (χ4n) is 5.20. The van der Waals surface area contributed by atoms with E-state index < -0.39 is 0 Å². The highest BCUT2D eigenvalue weighted by molar-refractivity contribution is 5.58. The molecule has 1 aliphatic heterocycles. The molecule has 0 amide bonds. The number of rotatable bonds is 2. The maximum atomic E-state index is 3.77. The number of aryl methyl sites for hydroxylation is 1. The van der Waals surface area contributed by atoms with E-state index in [1.165, 1.54) is 31.2 Å². The Hall–Kier alpha value is -1.34. The summed E-state index contributed by atoms with van der Waals surface area (Å²) in [4.78, 5) is 0. The number of hydrogen-bond donors (Lipinski definition) is 1. The summed E-state index contributed by atoms with van der Waals surface area (Å²) >= 11 is 0. The number of hydrogen-bond acceptors (Lipinski definition) is 1. The highest BCUT2D eigenvalue weighted by Gasteiger charge is 2.48. The summed E-state index contributed by atoms with van der Waals surface area (Å²) in [7, 11) is 0. The van der Waals surface area contributed by atoms with Crippen LogP contribution in [0.1, 0.15) is 55.4 Å². The van der Waals surface area contributed by atoms with E-state index in [1.54, 1.807) is 27.8 Å². The summed E-state index contributed by atoms with van der Waals surface area (Å²) < 4.78 is 0. The lowest BCUT2D eigenvalue weighted by Crippen LogP contribution is -2.54. The predicted molar refractivity (Wildman–Crippen MR) is 93.4 cm³/mol. The Morgan fingerprint density at radius 3 is 2.82 bits per heavy atom. The number of piperidine rings is 1. The molecule has 2 aliphatic carbocycles. The van der Waals surface area contributed by atoms with Gasteiger partial charge in [-0.3, -0.25) is 0 Å². The summed E-state index contributed by atoms with van der Waals surface area (Å²) in [5, 5.41) is 3.77. The van der Waals surface area contributed by atoms with E-state index >= 15 is 0 Å². The number of benzene rings is 1. The normalized spacial score (nSPS) is 29.3. The lowest BCUT2D eigenvalue weighted by Gasteiger charge is -2.52. The van der Waals surface area contributed by atoms with Crippen molar-refractivity contribution in [2.24, 2.45) is 0 Å². The SMILES string of the molecule is CCC1=CC=C2C3Cc4ccc(CC)c(C)c4C2(CCN3)C1. The van der Waals surface area contributed by atoms with Crippen LogP contribution in [0.3, 0.4) is 0 Å². The fraction of sp³-hybridized carbons (Fsp3) is 0.524. The summed E-state index contributed by atoms with van der Waals surface area (Å²) in [6.07, 6.45) is 10.9. The van der Waals surface area contributed by atoms with Gasteiger partial charge in [0.25, 0.3) is 0 Å². The first-order valence-corrected chi connectivity index (χ1v) is 8.95. The molecule has 22 heavy (non-hydrogen) atoms. The smallest absolute Gasteiger partial charge is 0.0332 e. The average molecular weight is 293 g/mol. The Bertz CT molecular complexity index is 679. The standard InChI is InChI=1S/C21H27N/c1-4-15-6-9-18-19-12-17-8-7-16(5-2)14(3)20(17)21(18,13-15)10-11-22-19/h6-9,19,22H,4-5,10-13H2,1-3H3. The van der Waals surface area contributed by atoms with Gasteiger partial charge in [-0.25, -0.2) is 0 Å². The van der Waals surface area contributed by atoms with Gasteiger partial charge in [0.2, 0.25) is 0 Å². The van der Waals surface area contributed by atoms with Gasteiger partial charge < -0.3 is 5.32 Å². The zero-order chi connectivity index (χ0) is 15.3. The van der Waals surface area contributed by atoms with Gasteiger partial charge in [0.1, 0.15) is 0 Å². The molecule has 1 heterocycles. The van der Waals surface area contributed by atoms with Gasteiger partial charge >= 0.3 is 0 Å². The van der Waals surface area contributed by atoms with Gasteiger partial charge in [-0.05, 0) is 73.4 Å². The van der Waals surface area contributed by atoms with Crippen molar-refractivity contribution in [2.45, 2.75) is 64.3 Å². The molecule has 1 heteroatoms. The molecule has 2 unspecified atom stereocenters. The molecule has 0 spiro atoms. The second-order valence-corrected chi connectivity index (χ2v) is 7.26. The van der Waals surface area contributed by atoms with E-state index in [2.05, 4.69) is 50.4 Å². The molecule has 1 saturated heterocycles. The Morgan fingerprint density at radius 2 is 2.05 bits per heavy atom. The van der Waals surface area contributed by atoms with Gasteiger partial charge in [0.05, 0.1) is 0 Å². The summed E-state index contributed by atoms with van der Waals surface area (Å²) in [6, 6.07) is 5.35. The van der Waals surface area contributed by atoms with E-state index in [4.69, 9.17) is 0 Å². The minimum absolute atomic E-state index is 0.291. The second kappa shape index (κ2) is 5.09. The van der Waals surface area contributed by atoms with Crippen LogP contribution < -0.4 is 5.32 Å². The third kappa shape index (κ3) is 1.81. The summed E-state index contributed by atoms with van der Waals surface area (Å²) in [5.41, 5.74) is 9.98. The molecule has 3 aliphatic rings. The zero-order valence-corrected chi connectivity index (χ0v) is 14.1. The average Bonchev–Trinajstić information content (AvgIpc) is 2.53. The molecule has 0 radical (unpaired) electrons. The van der Waals surface area contributed by atoms with E-state index in [0.717, 1.165) is 13.0 Å². The van der Waals surface area contributed by atoms with Crippen molar-refractivity contribution < 1.29 is 0 Å². The predicted octanol–water partition coefficient (Wildman–Crippen LogP) is 4.38. The van der Waals surface area contributed by atoms with E-state index in [-0.39, 0.29) is 0 Å². The highest BCUT2D eigenvalue weighted by Crippen LogP contribution is 2.53. The molecule has 1 fully saturated rings. The molecule has 1 nitrogen and oxygen atoms in total. The number of nitrogens with one attached hydrogen (secondary N) is 1. The van der Waals surface area contributed by atoms with Crippen molar-refractivity contribution in [1.82, 2.24) is 5.32 Å². The minimum atomic E-state index is 0.291. The largest absolute Gasteiger partial charge is 0.310 e. The van der Waals surface area contributed by atoms with Gasteiger partial charge in [-0.2, -0.15) is 0 Å². The fourth-order valence-corrected chi connectivity index (χ4v) is 5.20. The molecule has 1 aromatic carbocycles. The van der Waals surface area contributed by atoms with Crippen molar-refractivity contribution in [3.05, 3.63) is 57.7 Å². The highest BCUT2D eigenvalue weighted by atomic mass is 14.9. The molecule has 0 aromatic heterocycles. The van der Waals surface area contributed by atoms with Crippen LogP contribution in [-0.2, 0) is 18.3 Å². The summed E-state index contributed by atoms with van der Waals surface area (Å²) in [6.45, 7) is 8.12. The van der Waals surface area contributed by atoms with Crippen LogP contribution in [0.25, 0.3) is 0 Å². The second-order valence-electron chi connectivity index (χ2n) is 7.26. The molecular weight excluding hydrogens is 266 g/mol. The topological polar surface area (TPSA) is 12.0 Å². The lowest BCUT2D eigenvalue weighted by atomic mass is 9.56. The van der Waals surface area contributed by atoms with Crippen LogP contribution in [0.2, 0.25) is 0 Å². The molecular formula is C21H27N. The Kier molecular flexibility index (Phi) is 3.30. The maximum absolute atomic E-state index is 3.77. The zero-order valence-electron chi connectivity index (χ0n) is 14.1. The number of fused-ring (bicyclic) bond motifs is 1. The van der Waals surface area contributed by atoms with E-state index in [0.29, 0.717) is 11.5 Å². The molecule has 1 aromatic rings. The van der Waals surface area contributed by atoms with Gasteiger partial charge in [0.15, 0.2) is 0 Å². The molecule has 0 saturated carbocycles. The Labute approximate surface area is 134 Å². The third-order valence-electron chi connectivity index (χ3n) is 6.30. The quantitative estimate of drug-likeness (QED) is 0.853. The van der Waals surface area contributed by atoms with Crippen LogP contribution in [0.4, 0.5) is 0 Å². The minimum Gasteiger partial charge on any atom is -0.310 e. The van der Waals surface area contributed by atoms with E-state index in [1.807, 2.05) is 0 Å².